The van der Waals surface area contributed by atoms with Gasteiger partial charge in [0.25, 0.3) is 0 Å². The highest BCUT2D eigenvalue weighted by molar-refractivity contribution is 6.08. The fourth-order valence-corrected chi connectivity index (χ4v) is 1.57. The van der Waals surface area contributed by atoms with Gasteiger partial charge in [-0.3, -0.25) is 4.99 Å². The summed E-state index contributed by atoms with van der Waals surface area (Å²) < 4.78 is 0. The average Bonchev–Trinajstić information content (AvgIpc) is 2.65. The van der Waals surface area contributed by atoms with Gasteiger partial charge in [0.1, 0.15) is 5.84 Å². The lowest BCUT2D eigenvalue weighted by atomic mass is 10.1. The molecule has 1 aromatic carbocycles. The van der Waals surface area contributed by atoms with Crippen LogP contribution in [-0.4, -0.2) is 18.9 Å². The molecule has 1 aromatic rings. The van der Waals surface area contributed by atoms with Crippen molar-refractivity contribution in [3.63, 3.8) is 0 Å². The molecule has 0 saturated carbocycles. The standard InChI is InChI=1S/C10H14N4/c1-6-2-3-7(11)8(9(6)12)10-13-4-5-14-10/h2-3H,4-5,11-12H2,1H3,(H,13,14). The van der Waals surface area contributed by atoms with Crippen molar-refractivity contribution in [3.8, 4) is 0 Å². The van der Waals surface area contributed by atoms with Crippen LogP contribution in [0.15, 0.2) is 17.1 Å². The third kappa shape index (κ3) is 1.28. The van der Waals surface area contributed by atoms with E-state index in [1.165, 1.54) is 0 Å². The molecule has 1 heterocycles. The quantitative estimate of drug-likeness (QED) is 0.565. The summed E-state index contributed by atoms with van der Waals surface area (Å²) in [6.07, 6.45) is 0. The second-order valence-corrected chi connectivity index (χ2v) is 3.42. The number of hydrogen-bond donors (Lipinski definition) is 3. The summed E-state index contributed by atoms with van der Waals surface area (Å²) in [6, 6.07) is 3.78. The number of aryl methyl sites for hydroxylation is 1. The third-order valence-corrected chi connectivity index (χ3v) is 2.41. The number of benzene rings is 1. The number of nitrogens with two attached hydrogens (primary N) is 2. The van der Waals surface area contributed by atoms with Gasteiger partial charge < -0.3 is 16.8 Å². The average molecular weight is 190 g/mol. The highest BCUT2D eigenvalue weighted by atomic mass is 15.1. The lowest BCUT2D eigenvalue weighted by Gasteiger charge is -2.11. The van der Waals surface area contributed by atoms with Gasteiger partial charge in [-0.25, -0.2) is 0 Å². The Kier molecular flexibility index (Phi) is 2.04. The minimum Gasteiger partial charge on any atom is -0.398 e. The van der Waals surface area contributed by atoms with Gasteiger partial charge in [-0.15, -0.1) is 0 Å². The summed E-state index contributed by atoms with van der Waals surface area (Å²) in [7, 11) is 0. The van der Waals surface area contributed by atoms with E-state index in [4.69, 9.17) is 11.5 Å². The van der Waals surface area contributed by atoms with E-state index in [0.29, 0.717) is 5.69 Å². The fourth-order valence-electron chi connectivity index (χ4n) is 1.57. The second kappa shape index (κ2) is 3.21. The molecule has 0 amide bonds. The van der Waals surface area contributed by atoms with Gasteiger partial charge in [-0.1, -0.05) is 6.07 Å². The maximum absolute atomic E-state index is 5.96. The van der Waals surface area contributed by atoms with Crippen LogP contribution in [0.5, 0.6) is 0 Å². The summed E-state index contributed by atoms with van der Waals surface area (Å²) in [4.78, 5) is 4.31. The van der Waals surface area contributed by atoms with E-state index in [0.717, 1.165) is 35.7 Å². The summed E-state index contributed by atoms with van der Waals surface area (Å²) in [5, 5.41) is 3.17. The molecule has 14 heavy (non-hydrogen) atoms. The lowest BCUT2D eigenvalue weighted by Crippen LogP contribution is -2.22. The van der Waals surface area contributed by atoms with Crippen LogP contribution in [0.2, 0.25) is 0 Å². The van der Waals surface area contributed by atoms with Gasteiger partial charge in [0.15, 0.2) is 0 Å². The predicted molar refractivity (Wildman–Crippen MR) is 59.4 cm³/mol. The molecule has 0 unspecified atom stereocenters. The van der Waals surface area contributed by atoms with Crippen molar-refractivity contribution in [2.24, 2.45) is 4.99 Å². The fraction of sp³-hybridized carbons (Fsp3) is 0.300. The Bertz CT molecular complexity index is 395. The molecular formula is C10H14N4. The number of rotatable bonds is 1. The van der Waals surface area contributed by atoms with Crippen molar-refractivity contribution in [2.75, 3.05) is 24.6 Å². The largest absolute Gasteiger partial charge is 0.398 e. The monoisotopic (exact) mass is 190 g/mol. The Labute approximate surface area is 83.0 Å². The molecule has 2 rings (SSSR count). The molecule has 0 radical (unpaired) electrons. The molecular weight excluding hydrogens is 176 g/mol. The van der Waals surface area contributed by atoms with E-state index in [2.05, 4.69) is 10.3 Å². The zero-order valence-electron chi connectivity index (χ0n) is 8.17. The van der Waals surface area contributed by atoms with Crippen molar-refractivity contribution < 1.29 is 0 Å². The van der Waals surface area contributed by atoms with Crippen LogP contribution in [-0.2, 0) is 0 Å². The molecule has 74 valence electrons. The van der Waals surface area contributed by atoms with E-state index < -0.39 is 0 Å². The van der Waals surface area contributed by atoms with Crippen molar-refractivity contribution >= 4 is 17.2 Å². The lowest BCUT2D eigenvalue weighted by molar-refractivity contribution is 0.960. The van der Waals surface area contributed by atoms with Crippen molar-refractivity contribution in [1.29, 1.82) is 0 Å². The van der Waals surface area contributed by atoms with Crippen LogP contribution in [0.25, 0.3) is 0 Å². The Balaban J connectivity index is 2.55. The Hall–Kier alpha value is -1.71. The molecule has 0 aliphatic carbocycles. The predicted octanol–water partition coefficient (Wildman–Crippen LogP) is 0.509. The number of aliphatic imine (C=N–C) groups is 1. The zero-order chi connectivity index (χ0) is 10.1. The Morgan fingerprint density at radius 1 is 1.36 bits per heavy atom. The first-order valence-corrected chi connectivity index (χ1v) is 4.63. The smallest absolute Gasteiger partial charge is 0.132 e. The molecule has 0 bridgehead atoms. The van der Waals surface area contributed by atoms with Crippen LogP contribution in [0.1, 0.15) is 11.1 Å². The minimum absolute atomic E-state index is 0.682. The first kappa shape index (κ1) is 8.87. The molecule has 0 saturated heterocycles. The minimum atomic E-state index is 0.682. The Morgan fingerprint density at radius 3 is 2.79 bits per heavy atom. The molecule has 4 heteroatoms. The van der Waals surface area contributed by atoms with Gasteiger partial charge in [0.2, 0.25) is 0 Å². The second-order valence-electron chi connectivity index (χ2n) is 3.42. The number of amidine groups is 1. The first-order chi connectivity index (χ1) is 6.70. The number of nitrogens with zero attached hydrogens (tertiary/aromatic N) is 1. The van der Waals surface area contributed by atoms with Gasteiger partial charge in [-0.2, -0.15) is 0 Å². The molecule has 0 fully saturated rings. The maximum atomic E-state index is 5.96. The molecule has 0 atom stereocenters. The van der Waals surface area contributed by atoms with E-state index in [1.54, 1.807) is 0 Å². The van der Waals surface area contributed by atoms with Crippen LogP contribution in [0.4, 0.5) is 11.4 Å². The highest BCUT2D eigenvalue weighted by Gasteiger charge is 2.15. The molecule has 0 aromatic heterocycles. The van der Waals surface area contributed by atoms with Crippen molar-refractivity contribution in [2.45, 2.75) is 6.92 Å². The number of nitrogen functional groups attached to an aromatic ring is 2. The molecule has 0 spiro atoms. The SMILES string of the molecule is Cc1ccc(N)c(C2=NCCN2)c1N. The summed E-state index contributed by atoms with van der Waals surface area (Å²) in [5.41, 5.74) is 15.1. The Morgan fingerprint density at radius 2 is 2.14 bits per heavy atom. The molecule has 1 aliphatic rings. The van der Waals surface area contributed by atoms with E-state index in [9.17, 15) is 0 Å². The summed E-state index contributed by atoms with van der Waals surface area (Å²) in [6.45, 7) is 3.62. The zero-order valence-corrected chi connectivity index (χ0v) is 8.17. The number of anilines is 2. The van der Waals surface area contributed by atoms with Crippen LogP contribution >= 0.6 is 0 Å². The normalized spacial score (nSPS) is 15.1. The third-order valence-electron chi connectivity index (χ3n) is 2.41. The van der Waals surface area contributed by atoms with E-state index in [-0.39, 0.29) is 0 Å². The topological polar surface area (TPSA) is 76.4 Å². The summed E-state index contributed by atoms with van der Waals surface area (Å²) >= 11 is 0. The first-order valence-electron chi connectivity index (χ1n) is 4.63. The number of nitrogens with one attached hydrogen (secondary N) is 1. The number of hydrogen-bond acceptors (Lipinski definition) is 4. The van der Waals surface area contributed by atoms with E-state index >= 15 is 0 Å². The van der Waals surface area contributed by atoms with Gasteiger partial charge in [0, 0.05) is 17.9 Å². The molecule has 4 nitrogen and oxygen atoms in total. The van der Waals surface area contributed by atoms with Crippen LogP contribution in [0.3, 0.4) is 0 Å². The summed E-state index contributed by atoms with van der Waals surface area (Å²) in [5.74, 6) is 0.823. The molecule has 1 aliphatic heterocycles. The molecule has 5 N–H and O–H groups in total. The highest BCUT2D eigenvalue weighted by Crippen LogP contribution is 2.24. The van der Waals surface area contributed by atoms with Gasteiger partial charge in [0.05, 0.1) is 12.1 Å². The van der Waals surface area contributed by atoms with E-state index in [1.807, 2.05) is 19.1 Å². The van der Waals surface area contributed by atoms with Gasteiger partial charge >= 0.3 is 0 Å². The van der Waals surface area contributed by atoms with Crippen molar-refractivity contribution in [1.82, 2.24) is 5.32 Å². The van der Waals surface area contributed by atoms with Gasteiger partial charge in [-0.05, 0) is 18.6 Å². The van der Waals surface area contributed by atoms with Crippen LogP contribution < -0.4 is 16.8 Å². The maximum Gasteiger partial charge on any atom is 0.132 e. The van der Waals surface area contributed by atoms with Crippen LogP contribution in [0, 0.1) is 6.92 Å². The van der Waals surface area contributed by atoms with Crippen molar-refractivity contribution in [3.05, 3.63) is 23.3 Å².